The van der Waals surface area contributed by atoms with E-state index in [4.69, 9.17) is 5.73 Å². The van der Waals surface area contributed by atoms with Crippen LogP contribution in [0.4, 0.5) is 0 Å². The first-order chi connectivity index (χ1) is 5.91. The number of hydrogen-bond acceptors (Lipinski definition) is 3. The Kier molecular flexibility index (Phi) is 2.93. The van der Waals surface area contributed by atoms with Crippen molar-refractivity contribution in [2.24, 2.45) is 5.73 Å². The second kappa shape index (κ2) is 3.64. The summed E-state index contributed by atoms with van der Waals surface area (Å²) >= 11 is 0. The number of nitrogens with one attached hydrogen (secondary N) is 1. The molecule has 0 bridgehead atoms. The molecule has 0 aromatic heterocycles. The average Bonchev–Trinajstić information content (AvgIpc) is 2.20. The summed E-state index contributed by atoms with van der Waals surface area (Å²) < 4.78 is 0. The Morgan fingerprint density at radius 2 is 2.31 bits per heavy atom. The minimum Gasteiger partial charge on any atom is -0.328 e. The van der Waals surface area contributed by atoms with Crippen LogP contribution in [-0.4, -0.2) is 29.0 Å². The lowest BCUT2D eigenvalue weighted by Gasteiger charge is -2.22. The Balaban J connectivity index is 2.40. The van der Waals surface area contributed by atoms with Crippen molar-refractivity contribution in [2.75, 3.05) is 6.54 Å². The fourth-order valence-electron chi connectivity index (χ4n) is 1.45. The van der Waals surface area contributed by atoms with Gasteiger partial charge in [0, 0.05) is 24.5 Å². The van der Waals surface area contributed by atoms with E-state index in [0.29, 0.717) is 13.0 Å². The molecular weight excluding hydrogens is 166 g/mol. The van der Waals surface area contributed by atoms with Crippen LogP contribution < -0.4 is 11.2 Å². The third-order valence-electron chi connectivity index (χ3n) is 2.14. The molecule has 13 heavy (non-hydrogen) atoms. The third-order valence-corrected chi connectivity index (χ3v) is 2.14. The largest absolute Gasteiger partial charge is 0.328 e. The molecule has 1 aliphatic rings. The van der Waals surface area contributed by atoms with E-state index in [-0.39, 0.29) is 17.5 Å². The van der Waals surface area contributed by atoms with Gasteiger partial charge in [-0.25, -0.2) is 5.43 Å². The summed E-state index contributed by atoms with van der Waals surface area (Å²) in [5, 5.41) is 1.68. The van der Waals surface area contributed by atoms with Gasteiger partial charge >= 0.3 is 0 Å². The lowest BCUT2D eigenvalue weighted by Crippen LogP contribution is -2.43. The van der Waals surface area contributed by atoms with E-state index in [2.05, 4.69) is 5.43 Å². The quantitative estimate of drug-likeness (QED) is 0.662. The number of nitrogens with two attached hydrogens (primary N) is 1. The topological polar surface area (TPSA) is 58.4 Å². The molecule has 0 spiro atoms. The maximum atomic E-state index is 11.4. The zero-order valence-corrected chi connectivity index (χ0v) is 8.63. The molecule has 1 unspecified atom stereocenters. The second-order valence-electron chi connectivity index (χ2n) is 4.48. The lowest BCUT2D eigenvalue weighted by molar-refractivity contribution is -0.129. The summed E-state index contributed by atoms with van der Waals surface area (Å²) in [5.74, 6) is 0.172. The van der Waals surface area contributed by atoms with Crippen molar-refractivity contribution in [1.29, 1.82) is 0 Å². The van der Waals surface area contributed by atoms with E-state index in [9.17, 15) is 4.79 Å². The summed E-state index contributed by atoms with van der Waals surface area (Å²) in [7, 11) is 0. The number of hydrazine groups is 1. The maximum Gasteiger partial charge on any atom is 0.238 e. The van der Waals surface area contributed by atoms with Gasteiger partial charge in [-0.3, -0.25) is 9.80 Å². The summed E-state index contributed by atoms with van der Waals surface area (Å²) in [6.45, 7) is 6.71. The van der Waals surface area contributed by atoms with Crippen LogP contribution in [0.3, 0.4) is 0 Å². The Bertz CT molecular complexity index is 201. The Morgan fingerprint density at radius 3 is 2.69 bits per heavy atom. The minimum atomic E-state index is -0.0884. The van der Waals surface area contributed by atoms with E-state index in [1.54, 1.807) is 5.01 Å². The van der Waals surface area contributed by atoms with Gasteiger partial charge in [-0.05, 0) is 27.2 Å². The lowest BCUT2D eigenvalue weighted by atomic mass is 10.0. The van der Waals surface area contributed by atoms with Gasteiger partial charge in [0.1, 0.15) is 0 Å². The summed E-state index contributed by atoms with van der Waals surface area (Å²) in [4.78, 5) is 11.4. The zero-order chi connectivity index (χ0) is 10.1. The van der Waals surface area contributed by atoms with E-state index in [0.717, 1.165) is 6.42 Å². The van der Waals surface area contributed by atoms with Gasteiger partial charge in [-0.2, -0.15) is 0 Å². The monoisotopic (exact) mass is 185 g/mol. The van der Waals surface area contributed by atoms with Gasteiger partial charge in [-0.15, -0.1) is 0 Å². The number of carbonyl (C=O) groups excluding carboxylic acids is 1. The number of nitrogens with zero attached hydrogens (tertiary/aromatic N) is 1. The van der Waals surface area contributed by atoms with Crippen LogP contribution in [0.2, 0.25) is 0 Å². The standard InChI is InChI=1S/C9H19N3O/c1-7(10)4-5-12-8(13)6-9(2,3)11-12/h7,11H,4-6,10H2,1-3H3. The zero-order valence-electron chi connectivity index (χ0n) is 8.63. The van der Waals surface area contributed by atoms with Gasteiger partial charge in [-0.1, -0.05) is 0 Å². The summed E-state index contributed by atoms with van der Waals surface area (Å²) in [6.07, 6.45) is 1.42. The molecule has 0 aliphatic carbocycles. The van der Waals surface area contributed by atoms with E-state index in [1.165, 1.54) is 0 Å². The molecule has 76 valence electrons. The normalized spacial score (nSPS) is 23.7. The molecule has 1 atom stereocenters. The predicted octanol–water partition coefficient (Wildman–Crippen LogP) is 0.239. The first-order valence-electron chi connectivity index (χ1n) is 4.74. The smallest absolute Gasteiger partial charge is 0.238 e. The Labute approximate surface area is 79.4 Å². The molecule has 1 rings (SSSR count). The van der Waals surface area contributed by atoms with Gasteiger partial charge < -0.3 is 5.73 Å². The molecule has 1 aliphatic heterocycles. The van der Waals surface area contributed by atoms with Gasteiger partial charge in [0.15, 0.2) is 0 Å². The highest BCUT2D eigenvalue weighted by Gasteiger charge is 2.34. The fourth-order valence-corrected chi connectivity index (χ4v) is 1.45. The second-order valence-corrected chi connectivity index (χ2v) is 4.48. The molecule has 0 radical (unpaired) electrons. The summed E-state index contributed by atoms with van der Waals surface area (Å²) in [6, 6.07) is 0.151. The molecule has 1 heterocycles. The van der Waals surface area contributed by atoms with Crippen LogP contribution in [0.1, 0.15) is 33.6 Å². The molecule has 0 saturated carbocycles. The van der Waals surface area contributed by atoms with Crippen molar-refractivity contribution in [3.8, 4) is 0 Å². The van der Waals surface area contributed by atoms with Crippen molar-refractivity contribution in [3.05, 3.63) is 0 Å². The first-order valence-corrected chi connectivity index (χ1v) is 4.74. The Hall–Kier alpha value is -0.610. The molecule has 0 aromatic rings. The molecular formula is C9H19N3O. The number of rotatable bonds is 3. The number of hydrogen-bond donors (Lipinski definition) is 2. The molecule has 4 heteroatoms. The van der Waals surface area contributed by atoms with Crippen LogP contribution in [0.15, 0.2) is 0 Å². The van der Waals surface area contributed by atoms with Crippen molar-refractivity contribution in [2.45, 2.75) is 45.2 Å². The van der Waals surface area contributed by atoms with Crippen LogP contribution in [0, 0.1) is 0 Å². The molecule has 1 amide bonds. The third kappa shape index (κ3) is 2.97. The molecule has 0 aromatic carbocycles. The van der Waals surface area contributed by atoms with Gasteiger partial charge in [0.2, 0.25) is 5.91 Å². The molecule has 1 saturated heterocycles. The van der Waals surface area contributed by atoms with Crippen LogP contribution in [0.5, 0.6) is 0 Å². The van der Waals surface area contributed by atoms with Crippen molar-refractivity contribution in [1.82, 2.24) is 10.4 Å². The highest BCUT2D eigenvalue weighted by atomic mass is 16.2. The van der Waals surface area contributed by atoms with E-state index in [1.807, 2.05) is 20.8 Å². The van der Waals surface area contributed by atoms with Gasteiger partial charge in [0.25, 0.3) is 0 Å². The Morgan fingerprint density at radius 1 is 1.69 bits per heavy atom. The molecule has 1 fully saturated rings. The van der Waals surface area contributed by atoms with Crippen LogP contribution in [-0.2, 0) is 4.79 Å². The van der Waals surface area contributed by atoms with E-state index >= 15 is 0 Å². The van der Waals surface area contributed by atoms with Crippen LogP contribution >= 0.6 is 0 Å². The highest BCUT2D eigenvalue weighted by Crippen LogP contribution is 2.18. The number of carbonyl (C=O) groups is 1. The minimum absolute atomic E-state index is 0.0884. The van der Waals surface area contributed by atoms with Crippen molar-refractivity contribution >= 4 is 5.91 Å². The molecule has 4 nitrogen and oxygen atoms in total. The molecule has 3 N–H and O–H groups in total. The fraction of sp³-hybridized carbons (Fsp3) is 0.889. The van der Waals surface area contributed by atoms with Crippen molar-refractivity contribution in [3.63, 3.8) is 0 Å². The van der Waals surface area contributed by atoms with Crippen LogP contribution in [0.25, 0.3) is 0 Å². The van der Waals surface area contributed by atoms with E-state index < -0.39 is 0 Å². The maximum absolute atomic E-state index is 11.4. The van der Waals surface area contributed by atoms with Gasteiger partial charge in [0.05, 0.1) is 0 Å². The highest BCUT2D eigenvalue weighted by molar-refractivity contribution is 5.79. The van der Waals surface area contributed by atoms with Crippen molar-refractivity contribution < 1.29 is 4.79 Å². The SMILES string of the molecule is CC(N)CCN1NC(C)(C)CC1=O. The summed E-state index contributed by atoms with van der Waals surface area (Å²) in [5.41, 5.74) is 8.69. The average molecular weight is 185 g/mol. The predicted molar refractivity (Wildman–Crippen MR) is 51.8 cm³/mol. The first kappa shape index (κ1) is 10.5. The number of amides is 1.